The average Bonchev–Trinajstić information content (AvgIpc) is 3.42. The van der Waals surface area contributed by atoms with Gasteiger partial charge in [-0.3, -0.25) is 14.5 Å². The standard InChI is InChI=1S/C23H22N2O3S2/c1-12(2)15-7-9-16(10-8-15)19-18(20(26)17-6-5-11-29-17)21(27)22(28)25(19)23-24-13(3)14(4)30-23/h5-12,19,27H,1-4H3/t19-/m0/s1. The van der Waals surface area contributed by atoms with E-state index in [0.29, 0.717) is 15.9 Å². The van der Waals surface area contributed by atoms with Gasteiger partial charge in [0.1, 0.15) is 0 Å². The quantitative estimate of drug-likeness (QED) is 0.517. The molecule has 3 aromatic rings. The maximum absolute atomic E-state index is 13.3. The highest BCUT2D eigenvalue weighted by Crippen LogP contribution is 2.44. The van der Waals surface area contributed by atoms with Gasteiger partial charge in [-0.05, 0) is 42.3 Å². The zero-order valence-electron chi connectivity index (χ0n) is 17.2. The first kappa shape index (κ1) is 20.5. The van der Waals surface area contributed by atoms with E-state index < -0.39 is 17.7 Å². The summed E-state index contributed by atoms with van der Waals surface area (Å²) >= 11 is 2.67. The summed E-state index contributed by atoms with van der Waals surface area (Å²) in [5.41, 5.74) is 2.86. The fraction of sp³-hybridized carbons (Fsp3) is 0.261. The first-order chi connectivity index (χ1) is 14.3. The van der Waals surface area contributed by atoms with Gasteiger partial charge in [0.2, 0.25) is 5.78 Å². The van der Waals surface area contributed by atoms with Crippen LogP contribution in [0.5, 0.6) is 0 Å². The minimum absolute atomic E-state index is 0.102. The maximum atomic E-state index is 13.3. The number of anilines is 1. The van der Waals surface area contributed by atoms with Crippen LogP contribution in [0.15, 0.2) is 53.1 Å². The predicted octanol–water partition coefficient (Wildman–Crippen LogP) is 5.73. The maximum Gasteiger partial charge on any atom is 0.296 e. The molecule has 1 N–H and O–H groups in total. The molecule has 2 aromatic heterocycles. The second kappa shape index (κ2) is 7.81. The molecule has 1 aromatic carbocycles. The van der Waals surface area contributed by atoms with E-state index in [0.717, 1.165) is 21.7 Å². The van der Waals surface area contributed by atoms with Gasteiger partial charge in [0.05, 0.1) is 22.2 Å². The molecule has 1 aliphatic rings. The van der Waals surface area contributed by atoms with Crippen LogP contribution in [0.3, 0.4) is 0 Å². The third-order valence-electron chi connectivity index (χ3n) is 5.34. The molecule has 0 saturated carbocycles. The molecule has 0 radical (unpaired) electrons. The van der Waals surface area contributed by atoms with Crippen LogP contribution in [0, 0.1) is 13.8 Å². The van der Waals surface area contributed by atoms with E-state index in [4.69, 9.17) is 0 Å². The number of aliphatic hydroxyl groups is 1. The minimum atomic E-state index is -0.724. The third-order valence-corrected chi connectivity index (χ3v) is 7.28. The number of aliphatic hydroxyl groups excluding tert-OH is 1. The van der Waals surface area contributed by atoms with E-state index in [1.165, 1.54) is 27.6 Å². The van der Waals surface area contributed by atoms with E-state index in [1.54, 1.807) is 17.5 Å². The molecule has 1 aliphatic heterocycles. The number of rotatable bonds is 5. The van der Waals surface area contributed by atoms with Crippen molar-refractivity contribution < 1.29 is 14.7 Å². The van der Waals surface area contributed by atoms with Gasteiger partial charge in [0.25, 0.3) is 5.91 Å². The summed E-state index contributed by atoms with van der Waals surface area (Å²) in [4.78, 5) is 33.8. The van der Waals surface area contributed by atoms with Crippen molar-refractivity contribution in [2.75, 3.05) is 4.90 Å². The summed E-state index contributed by atoms with van der Waals surface area (Å²) in [6.07, 6.45) is 0. The van der Waals surface area contributed by atoms with Crippen molar-refractivity contribution in [3.8, 4) is 0 Å². The van der Waals surface area contributed by atoms with Crippen LogP contribution in [0.2, 0.25) is 0 Å². The summed E-state index contributed by atoms with van der Waals surface area (Å²) < 4.78 is 0. The molecule has 7 heteroatoms. The molecule has 4 rings (SSSR count). The van der Waals surface area contributed by atoms with E-state index in [2.05, 4.69) is 18.8 Å². The SMILES string of the molecule is Cc1nc(N2C(=O)C(O)=C(C(=O)c3cccs3)[C@@H]2c2ccc(C(C)C)cc2)sc1C. The molecule has 0 fully saturated rings. The van der Waals surface area contributed by atoms with E-state index in [-0.39, 0.29) is 11.4 Å². The smallest absolute Gasteiger partial charge is 0.296 e. The minimum Gasteiger partial charge on any atom is -0.503 e. The number of aromatic nitrogens is 1. The van der Waals surface area contributed by atoms with Crippen molar-refractivity contribution in [3.63, 3.8) is 0 Å². The van der Waals surface area contributed by atoms with Crippen LogP contribution >= 0.6 is 22.7 Å². The van der Waals surface area contributed by atoms with Crippen molar-refractivity contribution in [2.45, 2.75) is 39.7 Å². The number of amides is 1. The Balaban J connectivity index is 1.87. The van der Waals surface area contributed by atoms with E-state index in [9.17, 15) is 14.7 Å². The van der Waals surface area contributed by atoms with Gasteiger partial charge >= 0.3 is 0 Å². The van der Waals surface area contributed by atoms with Crippen LogP contribution < -0.4 is 4.90 Å². The highest BCUT2D eigenvalue weighted by molar-refractivity contribution is 7.16. The molecule has 0 unspecified atom stereocenters. The molecule has 0 bridgehead atoms. The zero-order chi connectivity index (χ0) is 21.6. The molecule has 0 aliphatic carbocycles. The number of nitrogens with zero attached hydrogens (tertiary/aromatic N) is 2. The number of thiophene rings is 1. The highest BCUT2D eigenvalue weighted by Gasteiger charge is 2.46. The Hall–Kier alpha value is -2.77. The number of carbonyl (C=O) groups is 2. The molecule has 5 nitrogen and oxygen atoms in total. The predicted molar refractivity (Wildman–Crippen MR) is 121 cm³/mol. The van der Waals surface area contributed by atoms with Crippen molar-refractivity contribution in [3.05, 3.63) is 79.7 Å². The van der Waals surface area contributed by atoms with E-state index >= 15 is 0 Å². The Morgan fingerprint density at radius 2 is 1.87 bits per heavy atom. The van der Waals surface area contributed by atoms with Crippen molar-refractivity contribution in [2.24, 2.45) is 0 Å². The monoisotopic (exact) mass is 438 g/mol. The lowest BCUT2D eigenvalue weighted by Crippen LogP contribution is -2.31. The Morgan fingerprint density at radius 1 is 1.17 bits per heavy atom. The molecular formula is C23H22N2O3S2. The summed E-state index contributed by atoms with van der Waals surface area (Å²) in [6, 6.07) is 10.6. The largest absolute Gasteiger partial charge is 0.503 e. The first-order valence-electron chi connectivity index (χ1n) is 9.68. The molecule has 1 atom stereocenters. The summed E-state index contributed by atoms with van der Waals surface area (Å²) in [5.74, 6) is -1.07. The number of thiazole rings is 1. The van der Waals surface area contributed by atoms with E-state index in [1.807, 2.05) is 38.1 Å². The summed E-state index contributed by atoms with van der Waals surface area (Å²) in [7, 11) is 0. The number of hydrogen-bond acceptors (Lipinski definition) is 6. The van der Waals surface area contributed by atoms with Gasteiger partial charge in [-0.15, -0.1) is 22.7 Å². The summed E-state index contributed by atoms with van der Waals surface area (Å²) in [5, 5.41) is 13.0. The van der Waals surface area contributed by atoms with Gasteiger partial charge in [0.15, 0.2) is 10.9 Å². The molecule has 30 heavy (non-hydrogen) atoms. The lowest BCUT2D eigenvalue weighted by molar-refractivity contribution is -0.117. The van der Waals surface area contributed by atoms with Crippen LogP contribution in [-0.4, -0.2) is 21.8 Å². The highest BCUT2D eigenvalue weighted by atomic mass is 32.1. The molecule has 3 heterocycles. The number of aryl methyl sites for hydroxylation is 2. The fourth-order valence-electron chi connectivity index (χ4n) is 3.51. The molecular weight excluding hydrogens is 416 g/mol. The molecule has 1 amide bonds. The number of Topliss-reactive ketones (excluding diaryl/α,β-unsaturated/α-hetero) is 1. The van der Waals surface area contributed by atoms with Crippen molar-refractivity contribution in [1.82, 2.24) is 4.98 Å². The molecule has 154 valence electrons. The Bertz CT molecular complexity index is 1120. The van der Waals surface area contributed by atoms with Crippen molar-refractivity contribution >= 4 is 39.5 Å². The van der Waals surface area contributed by atoms with Gasteiger partial charge in [-0.25, -0.2) is 4.98 Å². The van der Waals surface area contributed by atoms with Crippen molar-refractivity contribution in [1.29, 1.82) is 0 Å². The van der Waals surface area contributed by atoms with Gasteiger partial charge < -0.3 is 5.11 Å². The van der Waals surface area contributed by atoms with Crippen LogP contribution in [0.1, 0.15) is 57.2 Å². The Kier molecular flexibility index (Phi) is 5.34. The number of hydrogen-bond donors (Lipinski definition) is 1. The fourth-order valence-corrected chi connectivity index (χ4v) is 5.13. The van der Waals surface area contributed by atoms with Gasteiger partial charge in [-0.2, -0.15) is 0 Å². The number of carbonyl (C=O) groups excluding carboxylic acids is 2. The second-order valence-electron chi connectivity index (χ2n) is 7.61. The number of ketones is 1. The normalized spacial score (nSPS) is 16.8. The van der Waals surface area contributed by atoms with Gasteiger partial charge in [0, 0.05) is 4.88 Å². The average molecular weight is 439 g/mol. The topological polar surface area (TPSA) is 70.5 Å². The first-order valence-corrected chi connectivity index (χ1v) is 11.4. The lowest BCUT2D eigenvalue weighted by atomic mass is 9.93. The summed E-state index contributed by atoms with van der Waals surface area (Å²) in [6.45, 7) is 8.04. The van der Waals surface area contributed by atoms with Crippen LogP contribution in [0.4, 0.5) is 5.13 Å². The zero-order valence-corrected chi connectivity index (χ0v) is 18.8. The second-order valence-corrected chi connectivity index (χ2v) is 9.74. The van der Waals surface area contributed by atoms with Gasteiger partial charge in [-0.1, -0.05) is 44.2 Å². The number of benzene rings is 1. The van der Waals surface area contributed by atoms with Crippen LogP contribution in [0.25, 0.3) is 0 Å². The third kappa shape index (κ3) is 3.38. The lowest BCUT2D eigenvalue weighted by Gasteiger charge is -2.24. The molecule has 0 spiro atoms. The Morgan fingerprint density at radius 3 is 2.40 bits per heavy atom. The molecule has 0 saturated heterocycles. The van der Waals surface area contributed by atoms with Crippen LogP contribution in [-0.2, 0) is 4.79 Å². The Labute approximate surface area is 183 Å².